The number of oxazole rings is 1. The van der Waals surface area contributed by atoms with Crippen LogP contribution in [0.25, 0.3) is 11.1 Å². The number of benzene rings is 1. The number of nitrogens with zero attached hydrogens (tertiary/aromatic N) is 1. The Morgan fingerprint density at radius 3 is 3.11 bits per heavy atom. The van der Waals surface area contributed by atoms with Gasteiger partial charge in [0.1, 0.15) is 5.76 Å². The van der Waals surface area contributed by atoms with Gasteiger partial charge in [-0.2, -0.15) is 0 Å². The number of alkyl halides is 1. The van der Waals surface area contributed by atoms with E-state index in [9.17, 15) is 4.79 Å². The fraction of sp³-hybridized carbons (Fsp3) is 0.231. The van der Waals surface area contributed by atoms with Crippen molar-refractivity contribution in [2.45, 2.75) is 6.92 Å². The van der Waals surface area contributed by atoms with Gasteiger partial charge in [-0.3, -0.25) is 0 Å². The van der Waals surface area contributed by atoms with Gasteiger partial charge in [-0.1, -0.05) is 22.0 Å². The van der Waals surface area contributed by atoms with Crippen molar-refractivity contribution in [3.8, 4) is 5.75 Å². The molecule has 2 aromatic rings. The molecule has 1 aromatic heterocycles. The monoisotopic (exact) mass is 325 g/mol. The minimum atomic E-state index is -0.440. The van der Waals surface area contributed by atoms with Crippen LogP contribution in [0.1, 0.15) is 6.92 Å². The first kappa shape index (κ1) is 13.6. The molecule has 0 aliphatic carbocycles. The molecule has 0 fully saturated rings. The highest BCUT2D eigenvalue weighted by molar-refractivity contribution is 9.09. The summed E-state index contributed by atoms with van der Waals surface area (Å²) in [5.74, 6) is 0.527. The number of aromatic nitrogens is 1. The number of fused-ring (bicyclic) bond motifs is 1. The molecule has 19 heavy (non-hydrogen) atoms. The third-order valence-electron chi connectivity index (χ3n) is 2.26. The molecular weight excluding hydrogens is 314 g/mol. The number of allylic oxidation sites excluding steroid dienone is 1. The molecule has 1 aromatic carbocycles. The number of esters is 1. The summed E-state index contributed by atoms with van der Waals surface area (Å²) in [4.78, 5) is 15.5. The van der Waals surface area contributed by atoms with Crippen LogP contribution < -0.4 is 4.74 Å². The highest BCUT2D eigenvalue weighted by atomic mass is 79.9. The van der Waals surface area contributed by atoms with Gasteiger partial charge in [0.2, 0.25) is 0 Å². The largest absolute Gasteiger partial charge is 0.463 e. The molecule has 0 atom stereocenters. The van der Waals surface area contributed by atoms with Crippen molar-refractivity contribution in [2.75, 3.05) is 11.9 Å². The van der Waals surface area contributed by atoms with Crippen molar-refractivity contribution in [3.63, 3.8) is 0 Å². The van der Waals surface area contributed by atoms with E-state index in [4.69, 9.17) is 13.9 Å². The quantitative estimate of drug-likeness (QED) is 0.366. The first-order chi connectivity index (χ1) is 9.24. The third kappa shape index (κ3) is 3.35. The van der Waals surface area contributed by atoms with Gasteiger partial charge in [-0.15, -0.1) is 0 Å². The number of carbonyl (C=O) groups excluding carboxylic acids is 1. The standard InChI is InChI=1S/C13H12BrNO4/c1-2-17-12(16)6-9(7-14)19-11-5-3-4-10-13(11)15-8-18-10/h3-6,8H,2,7H2,1H3. The van der Waals surface area contributed by atoms with Gasteiger partial charge < -0.3 is 13.9 Å². The Labute approximate surface area is 118 Å². The van der Waals surface area contributed by atoms with Crippen molar-refractivity contribution in [2.24, 2.45) is 0 Å². The minimum absolute atomic E-state index is 0.323. The van der Waals surface area contributed by atoms with E-state index in [1.54, 1.807) is 25.1 Å². The highest BCUT2D eigenvalue weighted by Gasteiger charge is 2.09. The topological polar surface area (TPSA) is 61.6 Å². The third-order valence-corrected chi connectivity index (χ3v) is 2.81. The zero-order valence-electron chi connectivity index (χ0n) is 10.3. The zero-order chi connectivity index (χ0) is 13.7. The molecular formula is C13H12BrNO4. The van der Waals surface area contributed by atoms with Crippen molar-refractivity contribution >= 4 is 33.0 Å². The molecule has 0 N–H and O–H groups in total. The molecule has 0 aliphatic rings. The Morgan fingerprint density at radius 1 is 1.53 bits per heavy atom. The van der Waals surface area contributed by atoms with Crippen LogP contribution in [0.2, 0.25) is 0 Å². The summed E-state index contributed by atoms with van der Waals surface area (Å²) in [5.41, 5.74) is 1.24. The molecule has 0 aliphatic heterocycles. The number of hydrogen-bond acceptors (Lipinski definition) is 5. The minimum Gasteiger partial charge on any atom is -0.463 e. The molecule has 2 rings (SSSR count). The fourth-order valence-corrected chi connectivity index (χ4v) is 1.77. The average Bonchev–Trinajstić information content (AvgIpc) is 2.87. The van der Waals surface area contributed by atoms with Gasteiger partial charge in [0.05, 0.1) is 18.0 Å². The lowest BCUT2D eigenvalue weighted by Crippen LogP contribution is -2.05. The molecule has 0 amide bonds. The highest BCUT2D eigenvalue weighted by Crippen LogP contribution is 2.25. The summed E-state index contributed by atoms with van der Waals surface area (Å²) in [5, 5.41) is 0.389. The number of halogens is 1. The van der Waals surface area contributed by atoms with Crippen LogP contribution in [0.4, 0.5) is 0 Å². The van der Waals surface area contributed by atoms with E-state index in [1.165, 1.54) is 12.5 Å². The van der Waals surface area contributed by atoms with E-state index in [2.05, 4.69) is 20.9 Å². The summed E-state index contributed by atoms with van der Waals surface area (Å²) in [6.45, 7) is 2.07. The maximum Gasteiger partial charge on any atom is 0.334 e. The van der Waals surface area contributed by atoms with E-state index in [0.29, 0.717) is 34.5 Å². The summed E-state index contributed by atoms with van der Waals surface area (Å²) in [6, 6.07) is 5.34. The van der Waals surface area contributed by atoms with Gasteiger partial charge in [-0.25, -0.2) is 9.78 Å². The summed E-state index contributed by atoms with van der Waals surface area (Å²) in [6.07, 6.45) is 2.65. The molecule has 0 saturated carbocycles. The maximum atomic E-state index is 11.4. The fourth-order valence-electron chi connectivity index (χ4n) is 1.49. The van der Waals surface area contributed by atoms with Crippen LogP contribution in [0.3, 0.4) is 0 Å². The van der Waals surface area contributed by atoms with Crippen molar-refractivity contribution in [3.05, 3.63) is 36.4 Å². The molecule has 0 saturated heterocycles. The molecule has 5 nitrogen and oxygen atoms in total. The molecule has 0 spiro atoms. The van der Waals surface area contributed by atoms with Crippen LogP contribution in [0.5, 0.6) is 5.75 Å². The number of rotatable bonds is 5. The lowest BCUT2D eigenvalue weighted by Gasteiger charge is -2.07. The number of ether oxygens (including phenoxy) is 2. The van der Waals surface area contributed by atoms with Gasteiger partial charge in [0.15, 0.2) is 23.2 Å². The zero-order valence-corrected chi connectivity index (χ0v) is 11.8. The summed E-state index contributed by atoms with van der Waals surface area (Å²) in [7, 11) is 0. The van der Waals surface area contributed by atoms with Crippen LogP contribution in [-0.4, -0.2) is 22.9 Å². The lowest BCUT2D eigenvalue weighted by molar-refractivity contribution is -0.137. The van der Waals surface area contributed by atoms with Crippen molar-refractivity contribution < 1.29 is 18.7 Å². The molecule has 1 heterocycles. The Hall–Kier alpha value is -1.82. The van der Waals surface area contributed by atoms with E-state index in [0.717, 1.165) is 0 Å². The number of hydrogen-bond donors (Lipinski definition) is 0. The van der Waals surface area contributed by atoms with Crippen LogP contribution in [0.15, 0.2) is 40.8 Å². The Balaban J connectivity index is 2.23. The Morgan fingerprint density at radius 2 is 2.37 bits per heavy atom. The van der Waals surface area contributed by atoms with Crippen molar-refractivity contribution in [1.82, 2.24) is 4.98 Å². The van der Waals surface area contributed by atoms with Gasteiger partial charge in [0, 0.05) is 0 Å². The van der Waals surface area contributed by atoms with Gasteiger partial charge in [0.25, 0.3) is 0 Å². The van der Waals surface area contributed by atoms with E-state index >= 15 is 0 Å². The maximum absolute atomic E-state index is 11.4. The second kappa shape index (κ2) is 6.38. The smallest absolute Gasteiger partial charge is 0.334 e. The predicted molar refractivity (Wildman–Crippen MR) is 73.1 cm³/mol. The Kier molecular flexibility index (Phi) is 4.57. The summed E-state index contributed by atoms with van der Waals surface area (Å²) >= 11 is 3.26. The van der Waals surface area contributed by atoms with Crippen LogP contribution in [-0.2, 0) is 9.53 Å². The molecule has 0 bridgehead atoms. The SMILES string of the molecule is CCOC(=O)C=C(CBr)Oc1cccc2ocnc12. The molecule has 0 radical (unpaired) electrons. The van der Waals surface area contributed by atoms with Crippen molar-refractivity contribution in [1.29, 1.82) is 0 Å². The average molecular weight is 326 g/mol. The predicted octanol–water partition coefficient (Wildman–Crippen LogP) is 3.05. The number of carbonyl (C=O) groups is 1. The first-order valence-electron chi connectivity index (χ1n) is 5.68. The lowest BCUT2D eigenvalue weighted by atomic mass is 10.3. The molecule has 0 unspecified atom stereocenters. The number of para-hydroxylation sites is 1. The van der Waals surface area contributed by atoms with Crippen LogP contribution in [0, 0.1) is 0 Å². The van der Waals surface area contributed by atoms with Gasteiger partial charge in [-0.05, 0) is 19.1 Å². The van der Waals surface area contributed by atoms with Crippen LogP contribution >= 0.6 is 15.9 Å². The summed E-state index contributed by atoms with van der Waals surface area (Å²) < 4.78 is 15.7. The molecule has 6 heteroatoms. The Bertz CT molecular complexity index is 605. The van der Waals surface area contributed by atoms with E-state index in [1.807, 2.05) is 0 Å². The van der Waals surface area contributed by atoms with E-state index < -0.39 is 5.97 Å². The van der Waals surface area contributed by atoms with Gasteiger partial charge >= 0.3 is 5.97 Å². The normalized spacial score (nSPS) is 11.6. The second-order valence-electron chi connectivity index (χ2n) is 3.55. The van der Waals surface area contributed by atoms with E-state index in [-0.39, 0.29) is 0 Å². The molecule has 100 valence electrons. The second-order valence-corrected chi connectivity index (χ2v) is 4.11. The first-order valence-corrected chi connectivity index (χ1v) is 6.80.